The van der Waals surface area contributed by atoms with E-state index in [4.69, 9.17) is 9.97 Å². The van der Waals surface area contributed by atoms with Crippen molar-refractivity contribution in [2.24, 2.45) is 0 Å². The number of benzene rings is 10. The van der Waals surface area contributed by atoms with Crippen molar-refractivity contribution in [3.8, 4) is 77.7 Å². The fourth-order valence-corrected chi connectivity index (χ4v) is 10.2. The summed E-state index contributed by atoms with van der Waals surface area (Å²) in [7, 11) is 0. The van der Waals surface area contributed by atoms with Crippen molar-refractivity contribution in [2.75, 3.05) is 0 Å². The number of hydrogen-bond donors (Lipinski definition) is 0. The van der Waals surface area contributed by atoms with Gasteiger partial charge in [0.25, 0.3) is 0 Å². The number of aromatic nitrogens is 2. The van der Waals surface area contributed by atoms with E-state index in [1.807, 2.05) is 29.5 Å². The summed E-state index contributed by atoms with van der Waals surface area (Å²) in [5.41, 5.74) is 13.3. The van der Waals surface area contributed by atoms with E-state index < -0.39 is 0 Å². The summed E-state index contributed by atoms with van der Waals surface area (Å²) in [5.74, 6) is 0.709. The molecule has 0 spiro atoms. The molecule has 0 N–H and O–H groups in total. The molecule has 2 nitrogen and oxygen atoms in total. The predicted molar refractivity (Wildman–Crippen MR) is 268 cm³/mol. The Labute approximate surface area is 370 Å². The van der Waals surface area contributed by atoms with Crippen LogP contribution in [-0.2, 0) is 0 Å². The first-order valence-electron chi connectivity index (χ1n) is 21.4. The zero-order valence-corrected chi connectivity index (χ0v) is 35.1. The Morgan fingerprint density at radius 2 is 0.825 bits per heavy atom. The van der Waals surface area contributed by atoms with E-state index in [1.54, 1.807) is 0 Å². The van der Waals surface area contributed by atoms with Crippen LogP contribution in [0.2, 0.25) is 0 Å². The topological polar surface area (TPSA) is 25.8 Å². The van der Waals surface area contributed by atoms with Gasteiger partial charge in [-0.25, -0.2) is 9.97 Å². The second-order valence-electron chi connectivity index (χ2n) is 16.1. The van der Waals surface area contributed by atoms with Gasteiger partial charge in [0.1, 0.15) is 0 Å². The summed E-state index contributed by atoms with van der Waals surface area (Å²) >= 11 is 1.82. The maximum atomic E-state index is 5.19. The number of nitrogens with zero attached hydrogens (tertiary/aromatic N) is 2. The molecule has 63 heavy (non-hydrogen) atoms. The van der Waals surface area contributed by atoms with Crippen molar-refractivity contribution >= 4 is 53.7 Å². The lowest BCUT2D eigenvalue weighted by molar-refractivity contribution is 1.18. The average molecular weight is 819 g/mol. The van der Waals surface area contributed by atoms with E-state index in [0.29, 0.717) is 5.82 Å². The summed E-state index contributed by atoms with van der Waals surface area (Å²) < 4.78 is 1.28. The Hall–Kier alpha value is -7.98. The molecular weight excluding hydrogens is 781 g/mol. The minimum Gasteiger partial charge on any atom is -0.228 e. The second-order valence-corrected chi connectivity index (χ2v) is 17.2. The fourth-order valence-electron chi connectivity index (χ4n) is 9.13. The first-order chi connectivity index (χ1) is 31.2. The third-order valence-corrected chi connectivity index (χ3v) is 13.5. The van der Waals surface area contributed by atoms with Gasteiger partial charge in [-0.2, -0.15) is 0 Å². The van der Waals surface area contributed by atoms with Gasteiger partial charge in [-0.1, -0.05) is 206 Å². The van der Waals surface area contributed by atoms with Crippen molar-refractivity contribution in [1.82, 2.24) is 9.97 Å². The van der Waals surface area contributed by atoms with Crippen molar-refractivity contribution in [2.45, 2.75) is 0 Å². The van der Waals surface area contributed by atoms with Crippen LogP contribution >= 0.6 is 11.3 Å². The lowest BCUT2D eigenvalue weighted by atomic mass is 9.89. The Balaban J connectivity index is 0.852. The summed E-state index contributed by atoms with van der Waals surface area (Å²) in [6.07, 6.45) is 0. The molecule has 0 aliphatic heterocycles. The van der Waals surface area contributed by atoms with Crippen molar-refractivity contribution in [1.29, 1.82) is 0 Å². The van der Waals surface area contributed by atoms with Crippen molar-refractivity contribution in [3.05, 3.63) is 231 Å². The van der Waals surface area contributed by atoms with E-state index in [1.165, 1.54) is 80.7 Å². The van der Waals surface area contributed by atoms with Crippen LogP contribution in [0.3, 0.4) is 0 Å². The standard InChI is InChI=1S/C60H38N2S/c1-2-13-46(14-3-1)60-61-55(38-56(62-60)51-19-9-10-20-52(51)58-37-48-16-6-11-21-57(48)63-58)44-30-26-41(27-31-44)39-22-24-40(25-23-39)42-28-32-45(33-29-42)59-50-18-8-5-15-47(50)36-54-49-17-7-4-12-43(49)34-35-53(54)59/h1-38H. The molecule has 3 heteroatoms. The van der Waals surface area contributed by atoms with Crippen LogP contribution in [0.5, 0.6) is 0 Å². The van der Waals surface area contributed by atoms with Crippen molar-refractivity contribution in [3.63, 3.8) is 0 Å². The minimum atomic E-state index is 0.709. The van der Waals surface area contributed by atoms with Gasteiger partial charge in [0.15, 0.2) is 5.82 Å². The lowest BCUT2D eigenvalue weighted by Crippen LogP contribution is -1.96. The maximum Gasteiger partial charge on any atom is 0.160 e. The van der Waals surface area contributed by atoms with Gasteiger partial charge in [-0.05, 0) is 95.3 Å². The molecule has 2 aromatic heterocycles. The van der Waals surface area contributed by atoms with Crippen LogP contribution in [0.25, 0.3) is 120 Å². The van der Waals surface area contributed by atoms with Crippen LogP contribution < -0.4 is 0 Å². The normalized spacial score (nSPS) is 11.5. The summed E-state index contributed by atoms with van der Waals surface area (Å²) in [6.45, 7) is 0. The van der Waals surface area contributed by atoms with Crippen LogP contribution in [0.15, 0.2) is 231 Å². The Morgan fingerprint density at radius 3 is 1.52 bits per heavy atom. The minimum absolute atomic E-state index is 0.709. The first kappa shape index (κ1) is 36.8. The summed E-state index contributed by atoms with van der Waals surface area (Å²) in [4.78, 5) is 11.6. The molecule has 2 heterocycles. The van der Waals surface area contributed by atoms with E-state index in [0.717, 1.165) is 33.6 Å². The van der Waals surface area contributed by atoms with E-state index in [9.17, 15) is 0 Å². The average Bonchev–Trinajstić information content (AvgIpc) is 3.81. The highest BCUT2D eigenvalue weighted by Crippen LogP contribution is 2.42. The smallest absolute Gasteiger partial charge is 0.160 e. The molecule has 0 saturated carbocycles. The molecule has 0 atom stereocenters. The zero-order chi connectivity index (χ0) is 41.7. The molecule has 0 radical (unpaired) electrons. The molecule has 0 saturated heterocycles. The Bertz CT molecular complexity index is 3610. The highest BCUT2D eigenvalue weighted by Gasteiger charge is 2.17. The zero-order valence-electron chi connectivity index (χ0n) is 34.2. The highest BCUT2D eigenvalue weighted by molar-refractivity contribution is 7.22. The van der Waals surface area contributed by atoms with Crippen LogP contribution in [0.4, 0.5) is 0 Å². The third kappa shape index (κ3) is 6.76. The quantitative estimate of drug-likeness (QED) is 0.118. The molecule has 294 valence electrons. The molecule has 12 rings (SSSR count). The van der Waals surface area contributed by atoms with E-state index >= 15 is 0 Å². The predicted octanol–water partition coefficient (Wildman–Crippen LogP) is 16.8. The Kier molecular flexibility index (Phi) is 9.06. The van der Waals surface area contributed by atoms with Crippen LogP contribution in [-0.4, -0.2) is 9.97 Å². The number of thiophene rings is 1. The summed E-state index contributed by atoms with van der Waals surface area (Å²) in [6, 6.07) is 82.9. The van der Waals surface area contributed by atoms with Crippen LogP contribution in [0.1, 0.15) is 0 Å². The number of hydrogen-bond acceptors (Lipinski definition) is 3. The van der Waals surface area contributed by atoms with Gasteiger partial charge in [-0.3, -0.25) is 0 Å². The third-order valence-electron chi connectivity index (χ3n) is 12.3. The molecular formula is C60H38N2S. The molecule has 0 fully saturated rings. The molecule has 0 amide bonds. The molecule has 0 aliphatic rings. The number of rotatable bonds is 7. The molecule has 0 aliphatic carbocycles. The number of fused-ring (bicyclic) bond motifs is 5. The van der Waals surface area contributed by atoms with E-state index in [-0.39, 0.29) is 0 Å². The van der Waals surface area contributed by atoms with Crippen LogP contribution in [0, 0.1) is 0 Å². The molecule has 10 aromatic carbocycles. The monoisotopic (exact) mass is 818 g/mol. The van der Waals surface area contributed by atoms with Gasteiger partial charge in [-0.15, -0.1) is 11.3 Å². The lowest BCUT2D eigenvalue weighted by Gasteiger charge is -2.14. The van der Waals surface area contributed by atoms with Gasteiger partial charge in [0.05, 0.1) is 11.4 Å². The van der Waals surface area contributed by atoms with Gasteiger partial charge in [0, 0.05) is 31.8 Å². The SMILES string of the molecule is c1ccc(-c2nc(-c3ccc(-c4ccc(-c5ccc(-c6c7ccccc7cc7c6ccc6ccccc67)cc5)cc4)cc3)cc(-c3ccccc3-c3cc4ccccc4s3)n2)cc1. The Morgan fingerprint density at radius 1 is 0.286 bits per heavy atom. The maximum absolute atomic E-state index is 5.19. The first-order valence-corrected chi connectivity index (χ1v) is 22.2. The molecule has 0 unspecified atom stereocenters. The molecule has 0 bridgehead atoms. The second kappa shape index (κ2) is 15.5. The fraction of sp³-hybridized carbons (Fsp3) is 0. The van der Waals surface area contributed by atoms with E-state index in [2.05, 4.69) is 212 Å². The highest BCUT2D eigenvalue weighted by atomic mass is 32.1. The van der Waals surface area contributed by atoms with Gasteiger partial charge < -0.3 is 0 Å². The molecule has 12 aromatic rings. The van der Waals surface area contributed by atoms with Crippen molar-refractivity contribution < 1.29 is 0 Å². The van der Waals surface area contributed by atoms with Gasteiger partial charge in [0.2, 0.25) is 0 Å². The van der Waals surface area contributed by atoms with Gasteiger partial charge >= 0.3 is 0 Å². The largest absolute Gasteiger partial charge is 0.228 e. The summed E-state index contributed by atoms with van der Waals surface area (Å²) in [5, 5.41) is 8.90.